The molecule has 0 aromatic heterocycles. The van der Waals surface area contributed by atoms with Crippen LogP contribution in [0.1, 0.15) is 28.8 Å². The lowest BCUT2D eigenvalue weighted by molar-refractivity contribution is -0.192. The Bertz CT molecular complexity index is 1620. The zero-order valence-corrected chi connectivity index (χ0v) is 27.4. The maximum Gasteiger partial charge on any atom is 0.490 e. The van der Waals surface area contributed by atoms with Crippen molar-refractivity contribution in [2.45, 2.75) is 41.0 Å². The van der Waals surface area contributed by atoms with Gasteiger partial charge in [0.2, 0.25) is 5.91 Å². The number of carboxylic acids is 1. The molecule has 4 rings (SSSR count). The van der Waals surface area contributed by atoms with Gasteiger partial charge in [-0.3, -0.25) is 9.59 Å². The van der Waals surface area contributed by atoms with E-state index in [1.54, 1.807) is 24.3 Å². The minimum atomic E-state index is -5.08. The number of hydrogen-bond acceptors (Lipinski definition) is 8. The molecule has 0 spiro atoms. The van der Waals surface area contributed by atoms with Gasteiger partial charge in [-0.25, -0.2) is 18.0 Å². The third-order valence-electron chi connectivity index (χ3n) is 7.45. The van der Waals surface area contributed by atoms with Crippen LogP contribution in [0.15, 0.2) is 52.3 Å². The number of carbonyl (C=O) groups excluding carboxylic acids is 3. The van der Waals surface area contributed by atoms with Crippen LogP contribution in [0.25, 0.3) is 0 Å². The normalized spacial score (nSPS) is 17.9. The highest BCUT2D eigenvalue weighted by atomic mass is 32.2. The van der Waals surface area contributed by atoms with Crippen LogP contribution in [0.3, 0.4) is 0 Å². The summed E-state index contributed by atoms with van der Waals surface area (Å²) in [4.78, 5) is 49.5. The Hall–Kier alpha value is -4.04. The number of carboxylic acid groups (broad SMARTS) is 1. The van der Waals surface area contributed by atoms with Crippen LogP contribution in [0.4, 0.5) is 36.8 Å². The summed E-state index contributed by atoms with van der Waals surface area (Å²) in [5.74, 6) is -4.96. The molecule has 12 nitrogen and oxygen atoms in total. The first kappa shape index (κ1) is 39.4. The number of hydrogen-bond donors (Lipinski definition) is 5. The lowest BCUT2D eigenvalue weighted by Crippen LogP contribution is -2.54. The van der Waals surface area contributed by atoms with Gasteiger partial charge in [-0.15, -0.1) is 11.8 Å². The van der Waals surface area contributed by atoms with E-state index in [2.05, 4.69) is 21.3 Å². The van der Waals surface area contributed by atoms with E-state index in [0.29, 0.717) is 38.7 Å². The number of anilines is 1. The molecule has 2 saturated heterocycles. The molecule has 0 bridgehead atoms. The molecule has 20 heteroatoms. The Labute approximate surface area is 281 Å². The number of carbonyl (C=O) groups is 4. The minimum absolute atomic E-state index is 0.120. The number of benzene rings is 2. The quantitative estimate of drug-likeness (QED) is 0.190. The van der Waals surface area contributed by atoms with Crippen LogP contribution in [0, 0.1) is 5.92 Å². The van der Waals surface area contributed by atoms with Crippen molar-refractivity contribution in [2.75, 3.05) is 50.0 Å². The number of sulfone groups is 1. The van der Waals surface area contributed by atoms with Gasteiger partial charge in [0.1, 0.15) is 0 Å². The van der Waals surface area contributed by atoms with E-state index in [4.69, 9.17) is 9.90 Å². The van der Waals surface area contributed by atoms with Gasteiger partial charge in [-0.1, -0.05) is 0 Å². The molecule has 270 valence electrons. The van der Waals surface area contributed by atoms with E-state index in [-0.39, 0.29) is 16.3 Å². The van der Waals surface area contributed by atoms with Gasteiger partial charge in [-0.2, -0.15) is 26.3 Å². The molecule has 2 aliphatic rings. The number of halogens is 6. The highest BCUT2D eigenvalue weighted by molar-refractivity contribution is 7.98. The molecule has 2 aromatic rings. The Morgan fingerprint density at radius 3 is 2.18 bits per heavy atom. The van der Waals surface area contributed by atoms with Crippen molar-refractivity contribution in [1.29, 1.82) is 0 Å². The molecule has 2 fully saturated rings. The molecule has 2 atom stereocenters. The minimum Gasteiger partial charge on any atom is -0.475 e. The fourth-order valence-corrected chi connectivity index (χ4v) is 6.80. The summed E-state index contributed by atoms with van der Waals surface area (Å²) in [6, 6.07) is 7.86. The third kappa shape index (κ3) is 11.5. The second-order valence-electron chi connectivity index (χ2n) is 10.9. The standard InChI is InChI=1S/C27H32F3N5O5S2.C2HF3O2/c1-41-19-4-6-20(7-5-19)42(39,40)16-17-9-10-31-14-23(17)33-24(36)15-32-25(37)21-13-18(27(28,29)30)3-8-22(21)34-26(38)35-11-2-12-35;3-2(4,5)1(6)7/h3-8,13,17,23,31H,2,9-12,14-16H2,1H3,(H,32,37)(H,33,36)(H,34,38);(H,6,7)/t17-,23-;/m0./s1. The number of aliphatic carboxylic acids is 1. The van der Waals surface area contributed by atoms with Gasteiger partial charge in [0.05, 0.1) is 34.0 Å². The van der Waals surface area contributed by atoms with Crippen LogP contribution in [-0.4, -0.2) is 99.2 Å². The number of amides is 4. The molecule has 2 heterocycles. The average molecular weight is 742 g/mol. The number of nitrogens with one attached hydrogen (secondary N) is 4. The van der Waals surface area contributed by atoms with Crippen molar-refractivity contribution in [3.05, 3.63) is 53.6 Å². The molecule has 0 radical (unpaired) electrons. The fraction of sp³-hybridized carbons (Fsp3) is 0.448. The van der Waals surface area contributed by atoms with Crippen molar-refractivity contribution < 1.29 is 59.0 Å². The molecule has 0 saturated carbocycles. The molecule has 5 N–H and O–H groups in total. The zero-order valence-electron chi connectivity index (χ0n) is 25.8. The second-order valence-corrected chi connectivity index (χ2v) is 13.8. The van der Waals surface area contributed by atoms with Crippen LogP contribution < -0.4 is 21.3 Å². The molecule has 2 aromatic carbocycles. The van der Waals surface area contributed by atoms with E-state index < -0.39 is 75.6 Å². The SMILES string of the molecule is CSc1ccc(S(=O)(=O)C[C@@H]2CCNC[C@@H]2NC(=O)CNC(=O)c2cc(C(F)(F)F)ccc2NC(=O)N2CCC2)cc1.O=C(O)C(F)(F)F. The van der Waals surface area contributed by atoms with Crippen molar-refractivity contribution >= 4 is 51.1 Å². The Morgan fingerprint density at radius 1 is 1.02 bits per heavy atom. The first-order valence-electron chi connectivity index (χ1n) is 14.5. The van der Waals surface area contributed by atoms with Crippen molar-refractivity contribution in [3.8, 4) is 0 Å². The lowest BCUT2D eigenvalue weighted by atomic mass is 9.94. The van der Waals surface area contributed by atoms with Crippen molar-refractivity contribution in [1.82, 2.24) is 20.9 Å². The smallest absolute Gasteiger partial charge is 0.475 e. The lowest BCUT2D eigenvalue weighted by Gasteiger charge is -2.32. The van der Waals surface area contributed by atoms with Crippen LogP contribution in [0.5, 0.6) is 0 Å². The first-order chi connectivity index (χ1) is 22.8. The molecule has 4 amide bonds. The topological polar surface area (TPSA) is 174 Å². The van der Waals surface area contributed by atoms with E-state index in [1.165, 1.54) is 16.7 Å². The van der Waals surface area contributed by atoms with E-state index >= 15 is 0 Å². The Morgan fingerprint density at radius 2 is 1.65 bits per heavy atom. The van der Waals surface area contributed by atoms with Gasteiger partial charge in [0, 0.05) is 30.6 Å². The predicted molar refractivity (Wildman–Crippen MR) is 166 cm³/mol. The number of piperidine rings is 1. The number of urea groups is 1. The van der Waals surface area contributed by atoms with Crippen LogP contribution in [-0.2, 0) is 25.6 Å². The summed E-state index contributed by atoms with van der Waals surface area (Å²) in [6.07, 6.45) is -6.63. The van der Waals surface area contributed by atoms with Crippen molar-refractivity contribution in [3.63, 3.8) is 0 Å². The number of rotatable bonds is 9. The van der Waals surface area contributed by atoms with Gasteiger partial charge in [0.15, 0.2) is 9.84 Å². The van der Waals surface area contributed by atoms with Gasteiger partial charge >= 0.3 is 24.4 Å². The number of nitrogens with zero attached hydrogens (tertiary/aromatic N) is 1. The van der Waals surface area contributed by atoms with Crippen LogP contribution in [0.2, 0.25) is 0 Å². The van der Waals surface area contributed by atoms with Gasteiger partial charge < -0.3 is 31.3 Å². The summed E-state index contributed by atoms with van der Waals surface area (Å²) in [7, 11) is -3.64. The van der Waals surface area contributed by atoms with E-state index in [0.717, 1.165) is 23.4 Å². The summed E-state index contributed by atoms with van der Waals surface area (Å²) in [5.41, 5.74) is -1.65. The van der Waals surface area contributed by atoms with Crippen molar-refractivity contribution in [2.24, 2.45) is 5.92 Å². The highest BCUT2D eigenvalue weighted by Gasteiger charge is 2.38. The van der Waals surface area contributed by atoms with E-state index in [1.807, 2.05) is 6.26 Å². The molecule has 2 aliphatic heterocycles. The van der Waals surface area contributed by atoms with Gasteiger partial charge in [-0.05, 0) is 74.0 Å². The predicted octanol–water partition coefficient (Wildman–Crippen LogP) is 3.60. The summed E-state index contributed by atoms with van der Waals surface area (Å²) in [5, 5.41) is 17.8. The monoisotopic (exact) mass is 741 g/mol. The fourth-order valence-electron chi connectivity index (χ4n) is 4.69. The number of alkyl halides is 6. The summed E-state index contributed by atoms with van der Waals surface area (Å²) >= 11 is 1.49. The summed E-state index contributed by atoms with van der Waals surface area (Å²) in [6.45, 7) is 1.30. The van der Waals surface area contributed by atoms with Gasteiger partial charge in [0.25, 0.3) is 5.91 Å². The molecular formula is C29H33F6N5O7S2. The molecule has 0 unspecified atom stereocenters. The second kappa shape index (κ2) is 16.6. The number of thioether (sulfide) groups is 1. The maximum atomic E-state index is 13.3. The van der Waals surface area contributed by atoms with Crippen LogP contribution >= 0.6 is 11.8 Å². The Kier molecular flexibility index (Phi) is 13.3. The highest BCUT2D eigenvalue weighted by Crippen LogP contribution is 2.32. The molecule has 0 aliphatic carbocycles. The third-order valence-corrected chi connectivity index (χ3v) is 10.1. The van der Waals surface area contributed by atoms with E-state index in [9.17, 15) is 49.1 Å². The molecule has 49 heavy (non-hydrogen) atoms. The maximum absolute atomic E-state index is 13.3. The zero-order chi connectivity index (χ0) is 36.6. The first-order valence-corrected chi connectivity index (χ1v) is 17.4. The molecular weight excluding hydrogens is 708 g/mol. The largest absolute Gasteiger partial charge is 0.490 e. The summed E-state index contributed by atoms with van der Waals surface area (Å²) < 4.78 is 97.9. The Balaban J connectivity index is 0.000000838. The average Bonchev–Trinajstić information content (AvgIpc) is 2.99. The number of likely N-dealkylation sites (tertiary alicyclic amines) is 1.